The van der Waals surface area contributed by atoms with Gasteiger partial charge < -0.3 is 15.8 Å². The summed E-state index contributed by atoms with van der Waals surface area (Å²) in [4.78, 5) is 15.8. The highest BCUT2D eigenvalue weighted by Crippen LogP contribution is 2.19. The largest absolute Gasteiger partial charge is 0.397 e. The molecule has 2 unspecified atom stereocenters. The van der Waals surface area contributed by atoms with Gasteiger partial charge in [0.2, 0.25) is 5.91 Å². The monoisotopic (exact) mass is 249 g/mol. The summed E-state index contributed by atoms with van der Waals surface area (Å²) in [5.74, 6) is 0.416. The zero-order valence-corrected chi connectivity index (χ0v) is 10.6. The van der Waals surface area contributed by atoms with Crippen LogP contribution in [0, 0.1) is 5.92 Å². The number of rotatable bonds is 4. The Balaban J connectivity index is 1.76. The van der Waals surface area contributed by atoms with Gasteiger partial charge in [0.25, 0.3) is 0 Å². The summed E-state index contributed by atoms with van der Waals surface area (Å²) in [7, 11) is 0. The molecule has 0 radical (unpaired) electrons. The van der Waals surface area contributed by atoms with Crippen molar-refractivity contribution in [2.24, 2.45) is 5.92 Å². The van der Waals surface area contributed by atoms with Gasteiger partial charge in [-0.25, -0.2) is 0 Å². The fraction of sp³-hybridized carbons (Fsp3) is 0.538. The van der Waals surface area contributed by atoms with Gasteiger partial charge in [-0.2, -0.15) is 0 Å². The second-order valence-corrected chi connectivity index (χ2v) is 4.69. The minimum atomic E-state index is -0.00799. The average Bonchev–Trinajstić information content (AvgIpc) is 2.75. The molecule has 3 N–H and O–H groups in total. The number of nitrogen functional groups attached to an aromatic ring is 1. The molecule has 2 rings (SSSR count). The van der Waals surface area contributed by atoms with Crippen molar-refractivity contribution in [3.8, 4) is 0 Å². The SMILES string of the molecule is CC1OCCC1CNC(=O)Cc1ccc(N)cn1. The van der Waals surface area contributed by atoms with Gasteiger partial charge in [0.1, 0.15) is 0 Å². The van der Waals surface area contributed by atoms with Crippen molar-refractivity contribution in [2.45, 2.75) is 25.9 Å². The maximum atomic E-state index is 11.7. The highest BCUT2D eigenvalue weighted by molar-refractivity contribution is 5.78. The molecule has 0 spiro atoms. The lowest BCUT2D eigenvalue weighted by Crippen LogP contribution is -2.33. The summed E-state index contributed by atoms with van der Waals surface area (Å²) in [5, 5.41) is 2.93. The number of pyridine rings is 1. The molecule has 5 nitrogen and oxygen atoms in total. The van der Waals surface area contributed by atoms with Gasteiger partial charge in [0, 0.05) is 24.8 Å². The highest BCUT2D eigenvalue weighted by Gasteiger charge is 2.24. The Hall–Kier alpha value is -1.62. The summed E-state index contributed by atoms with van der Waals surface area (Å²) >= 11 is 0. The van der Waals surface area contributed by atoms with Crippen LogP contribution in [0.3, 0.4) is 0 Å². The molecule has 0 saturated carbocycles. The van der Waals surface area contributed by atoms with E-state index in [1.807, 2.05) is 6.92 Å². The van der Waals surface area contributed by atoms with Crippen LogP contribution in [-0.2, 0) is 16.0 Å². The second-order valence-electron chi connectivity index (χ2n) is 4.69. The minimum absolute atomic E-state index is 0.00799. The van der Waals surface area contributed by atoms with Gasteiger partial charge in [-0.05, 0) is 25.5 Å². The van der Waals surface area contributed by atoms with Crippen LogP contribution in [0.25, 0.3) is 0 Å². The van der Waals surface area contributed by atoms with Crippen molar-refractivity contribution in [1.82, 2.24) is 10.3 Å². The van der Waals surface area contributed by atoms with E-state index in [2.05, 4.69) is 10.3 Å². The Kier molecular flexibility index (Phi) is 4.15. The Labute approximate surface area is 107 Å². The summed E-state index contributed by atoms with van der Waals surface area (Å²) in [6, 6.07) is 3.53. The Morgan fingerprint density at radius 2 is 2.44 bits per heavy atom. The number of hydrogen-bond donors (Lipinski definition) is 2. The van der Waals surface area contributed by atoms with Gasteiger partial charge in [-0.3, -0.25) is 9.78 Å². The van der Waals surface area contributed by atoms with E-state index in [0.717, 1.165) is 18.7 Å². The lowest BCUT2D eigenvalue weighted by molar-refractivity contribution is -0.120. The van der Waals surface area contributed by atoms with E-state index in [4.69, 9.17) is 10.5 Å². The van der Waals surface area contributed by atoms with Crippen molar-refractivity contribution >= 4 is 11.6 Å². The molecule has 5 heteroatoms. The molecule has 1 aliphatic heterocycles. The summed E-state index contributed by atoms with van der Waals surface area (Å²) in [5.41, 5.74) is 6.88. The summed E-state index contributed by atoms with van der Waals surface area (Å²) in [6.07, 6.45) is 3.11. The van der Waals surface area contributed by atoms with Crippen LogP contribution in [0.15, 0.2) is 18.3 Å². The molecule has 2 atom stereocenters. The third-order valence-electron chi connectivity index (χ3n) is 3.28. The number of nitrogens with one attached hydrogen (secondary N) is 1. The van der Waals surface area contributed by atoms with E-state index in [1.54, 1.807) is 18.3 Å². The normalized spacial score (nSPS) is 22.9. The molecule has 1 aromatic heterocycles. The third kappa shape index (κ3) is 3.43. The van der Waals surface area contributed by atoms with E-state index < -0.39 is 0 Å². The maximum Gasteiger partial charge on any atom is 0.226 e. The lowest BCUT2D eigenvalue weighted by Gasteiger charge is -2.14. The number of aromatic nitrogens is 1. The third-order valence-corrected chi connectivity index (χ3v) is 3.28. The average molecular weight is 249 g/mol. The zero-order chi connectivity index (χ0) is 13.0. The Bertz CT molecular complexity index is 405. The van der Waals surface area contributed by atoms with E-state index >= 15 is 0 Å². The first-order valence-electron chi connectivity index (χ1n) is 6.24. The van der Waals surface area contributed by atoms with Gasteiger partial charge in [0.05, 0.1) is 24.4 Å². The molecular formula is C13H19N3O2. The molecule has 1 fully saturated rings. The fourth-order valence-electron chi connectivity index (χ4n) is 2.06. The Morgan fingerprint density at radius 3 is 3.06 bits per heavy atom. The molecule has 0 aromatic carbocycles. The van der Waals surface area contributed by atoms with Crippen LogP contribution in [0.5, 0.6) is 0 Å². The summed E-state index contributed by atoms with van der Waals surface area (Å²) in [6.45, 7) is 3.52. The van der Waals surface area contributed by atoms with Crippen molar-refractivity contribution in [2.75, 3.05) is 18.9 Å². The van der Waals surface area contributed by atoms with Crippen LogP contribution in [0.4, 0.5) is 5.69 Å². The minimum Gasteiger partial charge on any atom is -0.397 e. The number of nitrogens with two attached hydrogens (primary N) is 1. The molecule has 1 aliphatic rings. The van der Waals surface area contributed by atoms with Crippen molar-refractivity contribution < 1.29 is 9.53 Å². The van der Waals surface area contributed by atoms with Crippen LogP contribution < -0.4 is 11.1 Å². The van der Waals surface area contributed by atoms with Gasteiger partial charge in [0.15, 0.2) is 0 Å². The molecular weight excluding hydrogens is 230 g/mol. The van der Waals surface area contributed by atoms with E-state index in [0.29, 0.717) is 24.6 Å². The number of hydrogen-bond acceptors (Lipinski definition) is 4. The highest BCUT2D eigenvalue weighted by atomic mass is 16.5. The van der Waals surface area contributed by atoms with Gasteiger partial charge >= 0.3 is 0 Å². The molecule has 2 heterocycles. The summed E-state index contributed by atoms with van der Waals surface area (Å²) < 4.78 is 5.45. The van der Waals surface area contributed by atoms with Crippen molar-refractivity contribution in [1.29, 1.82) is 0 Å². The smallest absolute Gasteiger partial charge is 0.226 e. The number of anilines is 1. The first-order valence-corrected chi connectivity index (χ1v) is 6.24. The molecule has 1 aromatic rings. The molecule has 98 valence electrons. The topological polar surface area (TPSA) is 77.2 Å². The standard InChI is InChI=1S/C13H19N3O2/c1-9-10(4-5-18-9)7-16-13(17)6-12-3-2-11(14)8-15-12/h2-3,8-10H,4-7,14H2,1H3,(H,16,17). The molecule has 1 saturated heterocycles. The number of amides is 1. The lowest BCUT2D eigenvalue weighted by atomic mass is 10.0. The predicted octanol–water partition coefficient (Wildman–Crippen LogP) is 0.747. The predicted molar refractivity (Wildman–Crippen MR) is 68.9 cm³/mol. The van der Waals surface area contributed by atoms with E-state index in [9.17, 15) is 4.79 Å². The van der Waals surface area contributed by atoms with Crippen molar-refractivity contribution in [3.63, 3.8) is 0 Å². The number of nitrogens with zero attached hydrogens (tertiary/aromatic N) is 1. The van der Waals surface area contributed by atoms with Crippen LogP contribution in [0.2, 0.25) is 0 Å². The van der Waals surface area contributed by atoms with E-state index in [1.165, 1.54) is 0 Å². The first-order chi connectivity index (χ1) is 8.65. The van der Waals surface area contributed by atoms with Gasteiger partial charge in [-0.1, -0.05) is 0 Å². The van der Waals surface area contributed by atoms with Gasteiger partial charge in [-0.15, -0.1) is 0 Å². The Morgan fingerprint density at radius 1 is 1.61 bits per heavy atom. The van der Waals surface area contributed by atoms with Crippen molar-refractivity contribution in [3.05, 3.63) is 24.0 Å². The number of carbonyl (C=O) groups is 1. The molecule has 18 heavy (non-hydrogen) atoms. The second kappa shape index (κ2) is 5.82. The number of ether oxygens (including phenoxy) is 1. The molecule has 1 amide bonds. The molecule has 0 bridgehead atoms. The first kappa shape index (κ1) is 12.8. The van der Waals surface area contributed by atoms with Crippen LogP contribution >= 0.6 is 0 Å². The molecule has 0 aliphatic carbocycles. The zero-order valence-electron chi connectivity index (χ0n) is 10.6. The number of carbonyl (C=O) groups excluding carboxylic acids is 1. The quantitative estimate of drug-likeness (QED) is 0.825. The maximum absolute atomic E-state index is 11.7. The van der Waals surface area contributed by atoms with Crippen LogP contribution in [-0.4, -0.2) is 30.1 Å². The fourth-order valence-corrected chi connectivity index (χ4v) is 2.06. The van der Waals surface area contributed by atoms with E-state index in [-0.39, 0.29) is 12.0 Å². The van der Waals surface area contributed by atoms with Crippen LogP contribution in [0.1, 0.15) is 19.0 Å².